The molecule has 1 fully saturated rings. The maximum absolute atomic E-state index is 12.5. The Kier molecular flexibility index (Phi) is 12.3. The molecule has 1 amide bonds. The van der Waals surface area contributed by atoms with Crippen molar-refractivity contribution in [1.82, 2.24) is 5.32 Å². The molecule has 9 N–H and O–H groups in total. The van der Waals surface area contributed by atoms with Gasteiger partial charge in [-0.25, -0.2) is 4.79 Å². The number of rotatable bonds is 16. The minimum atomic E-state index is -2.34. The number of primary amides is 1. The average molecular weight is 724 g/mol. The normalized spacial score (nSPS) is 26.8. The first kappa shape index (κ1) is 38.8. The molecule has 5 rings (SSSR count). The summed E-state index contributed by atoms with van der Waals surface area (Å²) in [6, 6.07) is 9.86. The lowest BCUT2D eigenvalue weighted by Gasteiger charge is -2.47. The summed E-state index contributed by atoms with van der Waals surface area (Å²) in [6.45, 7) is 7.28. The summed E-state index contributed by atoms with van der Waals surface area (Å²) in [5, 5.41) is 67.8. The number of aliphatic carboxylic acids is 1. The zero-order valence-corrected chi connectivity index (χ0v) is 29.5. The number of ether oxygens (including phenoxy) is 3. The molecule has 0 aliphatic carbocycles. The predicted octanol–water partition coefficient (Wildman–Crippen LogP) is 2.78. The van der Waals surface area contributed by atoms with E-state index in [1.54, 1.807) is 0 Å². The predicted molar refractivity (Wildman–Crippen MR) is 192 cm³/mol. The molecule has 14 nitrogen and oxygen atoms in total. The fourth-order valence-electron chi connectivity index (χ4n) is 6.88. The number of carbonyl (C=O) groups excluding carboxylic acids is 1. The van der Waals surface area contributed by atoms with E-state index in [1.165, 1.54) is 42.5 Å². The van der Waals surface area contributed by atoms with Crippen LogP contribution in [0.5, 0.6) is 17.2 Å². The fraction of sp³-hybridized carbons (Fsp3) is 0.500. The molecule has 3 heterocycles. The highest BCUT2D eigenvalue weighted by Crippen LogP contribution is 2.42. The standard InChI is InChI=1S/C38H49N3O11/c1-20(2)5-4-6-21(3)24(15-22-13-14-40-17-22)18-41-19-38(49)34(45)31(44)33(36(47)48)52-37(38)50-26-11-12-27-28(16-26)51-32(35(39)46)29(30(27)43)23-7-9-25(42)10-8-23/h7-13,16-17,20-21,24,31-34,37,41-45,49H,4-6,14-15,18-19H2,1-3H3,(H2,39,46)(H,47,48). The van der Waals surface area contributed by atoms with Gasteiger partial charge in [-0.2, -0.15) is 0 Å². The average Bonchev–Trinajstić information content (AvgIpc) is 3.61. The van der Waals surface area contributed by atoms with Crippen LogP contribution >= 0.6 is 0 Å². The van der Waals surface area contributed by atoms with Gasteiger partial charge in [0.25, 0.3) is 5.91 Å². The van der Waals surface area contributed by atoms with E-state index in [2.05, 4.69) is 37.2 Å². The Hall–Kier alpha value is -4.47. The van der Waals surface area contributed by atoms with Crippen LogP contribution in [0.3, 0.4) is 0 Å². The van der Waals surface area contributed by atoms with Crippen molar-refractivity contribution in [3.05, 3.63) is 65.2 Å². The number of nitrogens with zero attached hydrogens (tertiary/aromatic N) is 1. The fourth-order valence-corrected chi connectivity index (χ4v) is 6.88. The number of carboxylic acids is 1. The number of benzene rings is 2. The monoisotopic (exact) mass is 723 g/mol. The Balaban J connectivity index is 1.38. The van der Waals surface area contributed by atoms with Gasteiger partial charge in [0.05, 0.1) is 17.7 Å². The Labute approximate surface area is 302 Å². The molecule has 0 saturated carbocycles. The number of allylic oxidation sites excluding steroid dienone is 1. The molecule has 8 atom stereocenters. The molecule has 52 heavy (non-hydrogen) atoms. The number of hydrogen-bond acceptors (Lipinski definition) is 12. The second-order valence-corrected chi connectivity index (χ2v) is 14.3. The second-order valence-electron chi connectivity index (χ2n) is 14.3. The summed E-state index contributed by atoms with van der Waals surface area (Å²) in [5.74, 6) is -1.86. The smallest absolute Gasteiger partial charge is 0.335 e. The SMILES string of the molecule is CC(C)CCCC(C)C(CNCC1(O)C(Oc2ccc3c(c2)OC(C(N)=O)C(c2ccc(O)cc2)=C3O)OC(C(=O)O)C(O)C1O)CC1=CCN=C1. The molecule has 2 aromatic rings. The molecule has 0 radical (unpaired) electrons. The van der Waals surface area contributed by atoms with E-state index in [9.17, 15) is 40.2 Å². The van der Waals surface area contributed by atoms with Crippen molar-refractivity contribution in [1.29, 1.82) is 0 Å². The van der Waals surface area contributed by atoms with Gasteiger partial charge in [0.1, 0.15) is 35.2 Å². The second kappa shape index (κ2) is 16.5. The minimum absolute atomic E-state index is 0.0202. The van der Waals surface area contributed by atoms with Crippen molar-refractivity contribution < 1.29 is 54.4 Å². The third-order valence-corrected chi connectivity index (χ3v) is 9.99. The highest BCUT2D eigenvalue weighted by atomic mass is 16.7. The number of phenolic OH excluding ortho intramolecular Hbond substituents is 1. The molecule has 282 valence electrons. The van der Waals surface area contributed by atoms with Gasteiger partial charge >= 0.3 is 5.97 Å². The number of aromatic hydroxyl groups is 1. The van der Waals surface area contributed by atoms with Crippen molar-refractivity contribution in [2.75, 3.05) is 19.6 Å². The number of fused-ring (bicyclic) bond motifs is 1. The topological polar surface area (TPSA) is 234 Å². The van der Waals surface area contributed by atoms with Gasteiger partial charge in [0.2, 0.25) is 12.4 Å². The number of nitrogens with one attached hydrogen (secondary N) is 1. The number of carbonyl (C=O) groups is 2. The summed E-state index contributed by atoms with van der Waals surface area (Å²) in [4.78, 5) is 28.8. The summed E-state index contributed by atoms with van der Waals surface area (Å²) >= 11 is 0. The van der Waals surface area contributed by atoms with Crippen LogP contribution in [0.1, 0.15) is 57.6 Å². The quantitative estimate of drug-likeness (QED) is 0.125. The van der Waals surface area contributed by atoms with Gasteiger partial charge in [-0.15, -0.1) is 0 Å². The van der Waals surface area contributed by atoms with Gasteiger partial charge < -0.3 is 55.9 Å². The first-order valence-corrected chi connectivity index (χ1v) is 17.6. The zero-order valence-electron chi connectivity index (χ0n) is 29.5. The van der Waals surface area contributed by atoms with Crippen LogP contribution in [0.4, 0.5) is 0 Å². The molecule has 8 unspecified atom stereocenters. The lowest BCUT2D eigenvalue weighted by atomic mass is 9.83. The molecule has 3 aliphatic rings. The summed E-state index contributed by atoms with van der Waals surface area (Å²) in [7, 11) is 0. The van der Waals surface area contributed by atoms with E-state index in [0.29, 0.717) is 30.5 Å². The molecule has 3 aliphatic heterocycles. The third-order valence-electron chi connectivity index (χ3n) is 9.99. The van der Waals surface area contributed by atoms with Crippen LogP contribution in [0.2, 0.25) is 0 Å². The number of aliphatic imine (C=N–C) groups is 1. The summed E-state index contributed by atoms with van der Waals surface area (Å²) < 4.78 is 17.5. The van der Waals surface area contributed by atoms with Gasteiger partial charge in [-0.05, 0) is 66.1 Å². The van der Waals surface area contributed by atoms with E-state index in [-0.39, 0.29) is 46.6 Å². The highest BCUT2D eigenvalue weighted by Gasteiger charge is 2.58. The number of carboxylic acid groups (broad SMARTS) is 1. The molecule has 0 spiro atoms. The molecular formula is C38H49N3O11. The lowest BCUT2D eigenvalue weighted by Crippen LogP contribution is -2.71. The van der Waals surface area contributed by atoms with Crippen molar-refractivity contribution in [3.63, 3.8) is 0 Å². The Morgan fingerprint density at radius 2 is 1.83 bits per heavy atom. The number of amides is 1. The van der Waals surface area contributed by atoms with Gasteiger partial charge in [0.15, 0.2) is 11.7 Å². The molecule has 0 aromatic heterocycles. The number of phenols is 1. The Morgan fingerprint density at radius 3 is 2.46 bits per heavy atom. The van der Waals surface area contributed by atoms with Crippen LogP contribution < -0.4 is 20.5 Å². The largest absolute Gasteiger partial charge is 0.508 e. The third kappa shape index (κ3) is 8.59. The lowest BCUT2D eigenvalue weighted by molar-refractivity contribution is -0.311. The number of nitrogens with two attached hydrogens (primary N) is 1. The summed E-state index contributed by atoms with van der Waals surface area (Å²) in [6.07, 6.45) is -1.32. The van der Waals surface area contributed by atoms with Crippen molar-refractivity contribution >= 4 is 29.4 Å². The van der Waals surface area contributed by atoms with Crippen LogP contribution in [0.15, 0.2) is 59.1 Å². The molecule has 1 saturated heterocycles. The van der Waals surface area contributed by atoms with E-state index in [0.717, 1.165) is 31.3 Å². The molecule has 2 aromatic carbocycles. The maximum atomic E-state index is 12.5. The van der Waals surface area contributed by atoms with E-state index in [1.807, 2.05) is 6.21 Å². The maximum Gasteiger partial charge on any atom is 0.335 e. The van der Waals surface area contributed by atoms with Crippen LogP contribution in [0.25, 0.3) is 11.3 Å². The van der Waals surface area contributed by atoms with Crippen molar-refractivity contribution in [2.45, 2.75) is 82.8 Å². The highest BCUT2D eigenvalue weighted by molar-refractivity contribution is 6.03. The Bertz CT molecular complexity index is 1690. The van der Waals surface area contributed by atoms with Gasteiger partial charge in [-0.1, -0.05) is 58.2 Å². The van der Waals surface area contributed by atoms with Gasteiger partial charge in [-0.3, -0.25) is 9.79 Å². The molecular weight excluding hydrogens is 674 g/mol. The summed E-state index contributed by atoms with van der Waals surface area (Å²) in [5.41, 5.74) is 5.05. The molecule has 14 heteroatoms. The number of aliphatic hydroxyl groups is 4. The van der Waals surface area contributed by atoms with Crippen LogP contribution in [0, 0.1) is 17.8 Å². The van der Waals surface area contributed by atoms with Crippen molar-refractivity contribution in [2.24, 2.45) is 28.5 Å². The molecule has 0 bridgehead atoms. The van der Waals surface area contributed by atoms with E-state index < -0.39 is 48.2 Å². The Morgan fingerprint density at radius 1 is 1.10 bits per heavy atom. The van der Waals surface area contributed by atoms with Crippen LogP contribution in [-0.2, 0) is 14.3 Å². The van der Waals surface area contributed by atoms with Crippen molar-refractivity contribution in [3.8, 4) is 17.2 Å². The zero-order chi connectivity index (χ0) is 37.7. The first-order valence-electron chi connectivity index (χ1n) is 17.6. The number of hydrogen-bond donors (Lipinski definition) is 8. The number of aliphatic hydroxyl groups excluding tert-OH is 3. The van der Waals surface area contributed by atoms with E-state index in [4.69, 9.17) is 19.9 Å². The van der Waals surface area contributed by atoms with E-state index >= 15 is 0 Å². The minimum Gasteiger partial charge on any atom is -0.508 e. The first-order chi connectivity index (χ1) is 24.7. The van der Waals surface area contributed by atoms with Gasteiger partial charge in [0, 0.05) is 18.8 Å². The van der Waals surface area contributed by atoms with Crippen LogP contribution in [-0.4, -0.2) is 105 Å².